The molecule has 0 aromatic heterocycles. The fraction of sp³-hybridized carbons (Fsp3) is 0.400. The van der Waals surface area contributed by atoms with E-state index in [9.17, 15) is 21.6 Å². The predicted octanol–water partition coefficient (Wildman–Crippen LogP) is 1.49. The van der Waals surface area contributed by atoms with Crippen LogP contribution in [0, 0.1) is 17.5 Å². The Bertz CT molecular complexity index is 531. The van der Waals surface area contributed by atoms with Crippen molar-refractivity contribution in [2.24, 2.45) is 5.73 Å². The molecular weight excluding hydrogens is 305 g/mol. The maximum absolute atomic E-state index is 13.0. The monoisotopic (exact) mass is 318 g/mol. The van der Waals surface area contributed by atoms with Crippen LogP contribution in [0.1, 0.15) is 6.92 Å². The fourth-order valence-electron chi connectivity index (χ4n) is 1.23. The summed E-state index contributed by atoms with van der Waals surface area (Å²) in [5, 5.41) is 0. The van der Waals surface area contributed by atoms with Gasteiger partial charge in [0.15, 0.2) is 17.5 Å². The SMILES string of the molecule is CC(CN)N(C)S(=O)(=O)c1cc(F)c(F)c(F)c1.Cl. The molecule has 9 heteroatoms. The van der Waals surface area contributed by atoms with Gasteiger partial charge < -0.3 is 5.73 Å². The minimum absolute atomic E-state index is 0. The Labute approximate surface area is 115 Å². The van der Waals surface area contributed by atoms with Crippen LogP contribution in [0.5, 0.6) is 0 Å². The van der Waals surface area contributed by atoms with Gasteiger partial charge in [0.05, 0.1) is 4.90 Å². The molecule has 0 aliphatic rings. The van der Waals surface area contributed by atoms with E-state index in [-0.39, 0.29) is 19.0 Å². The van der Waals surface area contributed by atoms with Crippen molar-refractivity contribution >= 4 is 22.4 Å². The minimum Gasteiger partial charge on any atom is -0.329 e. The third kappa shape index (κ3) is 3.59. The molecule has 1 unspecified atom stereocenters. The molecule has 0 fully saturated rings. The highest BCUT2D eigenvalue weighted by Gasteiger charge is 2.27. The normalized spacial score (nSPS) is 13.2. The third-order valence-electron chi connectivity index (χ3n) is 2.60. The van der Waals surface area contributed by atoms with Gasteiger partial charge in [-0.1, -0.05) is 0 Å². The van der Waals surface area contributed by atoms with Crippen LogP contribution >= 0.6 is 12.4 Å². The third-order valence-corrected chi connectivity index (χ3v) is 4.55. The summed E-state index contributed by atoms with van der Waals surface area (Å²) in [6.07, 6.45) is 0. The molecule has 1 atom stereocenters. The van der Waals surface area contributed by atoms with E-state index in [0.717, 1.165) is 4.31 Å². The zero-order chi connectivity index (χ0) is 14.1. The maximum atomic E-state index is 13.0. The van der Waals surface area contributed by atoms with Gasteiger partial charge in [-0.05, 0) is 19.1 Å². The first-order chi connectivity index (χ1) is 8.21. The Morgan fingerprint density at radius 3 is 2.05 bits per heavy atom. The number of halogens is 4. The van der Waals surface area contributed by atoms with Gasteiger partial charge in [-0.2, -0.15) is 4.31 Å². The first kappa shape index (κ1) is 18.2. The molecule has 0 saturated carbocycles. The van der Waals surface area contributed by atoms with E-state index in [1.165, 1.54) is 14.0 Å². The van der Waals surface area contributed by atoms with E-state index < -0.39 is 38.4 Å². The zero-order valence-corrected chi connectivity index (χ0v) is 11.9. The Hall–Kier alpha value is -0.830. The first-order valence-electron chi connectivity index (χ1n) is 5.04. The molecule has 0 amide bonds. The highest BCUT2D eigenvalue weighted by molar-refractivity contribution is 7.89. The van der Waals surface area contributed by atoms with E-state index in [0.29, 0.717) is 12.1 Å². The molecule has 1 aromatic carbocycles. The highest BCUT2D eigenvalue weighted by atomic mass is 35.5. The molecule has 19 heavy (non-hydrogen) atoms. The quantitative estimate of drug-likeness (QED) is 0.856. The van der Waals surface area contributed by atoms with Gasteiger partial charge in [0.2, 0.25) is 10.0 Å². The van der Waals surface area contributed by atoms with Crippen LogP contribution < -0.4 is 5.73 Å². The van der Waals surface area contributed by atoms with E-state index in [1.807, 2.05) is 0 Å². The summed E-state index contributed by atoms with van der Waals surface area (Å²) in [5.74, 6) is -4.81. The number of benzene rings is 1. The van der Waals surface area contributed by atoms with Gasteiger partial charge in [-0.3, -0.25) is 0 Å². The van der Waals surface area contributed by atoms with Crippen LogP contribution in [-0.4, -0.2) is 32.4 Å². The van der Waals surface area contributed by atoms with Crippen LogP contribution in [0.15, 0.2) is 17.0 Å². The maximum Gasteiger partial charge on any atom is 0.243 e. The van der Waals surface area contributed by atoms with Gasteiger partial charge in [0, 0.05) is 19.6 Å². The summed E-state index contributed by atoms with van der Waals surface area (Å²) in [6, 6.07) is 0.326. The summed E-state index contributed by atoms with van der Waals surface area (Å²) in [5.41, 5.74) is 5.32. The van der Waals surface area contributed by atoms with Crippen molar-refractivity contribution < 1.29 is 21.6 Å². The molecule has 1 aromatic rings. The second kappa shape index (κ2) is 6.56. The topological polar surface area (TPSA) is 63.4 Å². The number of likely N-dealkylation sites (N-methyl/N-ethyl adjacent to an activating group) is 1. The van der Waals surface area contributed by atoms with Crippen molar-refractivity contribution in [1.82, 2.24) is 4.31 Å². The molecule has 0 saturated heterocycles. The largest absolute Gasteiger partial charge is 0.329 e. The number of rotatable bonds is 4. The summed E-state index contributed by atoms with van der Waals surface area (Å²) in [7, 11) is -2.88. The molecule has 1 rings (SSSR count). The van der Waals surface area contributed by atoms with Crippen molar-refractivity contribution in [3.05, 3.63) is 29.6 Å². The van der Waals surface area contributed by atoms with Crippen LogP contribution in [0.3, 0.4) is 0 Å². The number of hydrogen-bond acceptors (Lipinski definition) is 3. The van der Waals surface area contributed by atoms with Crippen molar-refractivity contribution in [3.63, 3.8) is 0 Å². The average molecular weight is 319 g/mol. The second-order valence-corrected chi connectivity index (χ2v) is 5.80. The molecule has 0 radical (unpaired) electrons. The number of hydrogen-bond donors (Lipinski definition) is 1. The van der Waals surface area contributed by atoms with Crippen molar-refractivity contribution in [3.8, 4) is 0 Å². The Balaban J connectivity index is 0.00000324. The Morgan fingerprint density at radius 2 is 1.68 bits per heavy atom. The average Bonchev–Trinajstić information content (AvgIpc) is 2.33. The van der Waals surface area contributed by atoms with Gasteiger partial charge in [0.25, 0.3) is 0 Å². The Morgan fingerprint density at radius 1 is 1.26 bits per heavy atom. The molecule has 2 N–H and O–H groups in total. The number of sulfonamides is 1. The number of nitrogens with zero attached hydrogens (tertiary/aromatic N) is 1. The molecular formula is C10H14ClF3N2O2S. The summed E-state index contributed by atoms with van der Waals surface area (Å²) >= 11 is 0. The van der Waals surface area contributed by atoms with Gasteiger partial charge in [-0.15, -0.1) is 12.4 Å². The molecule has 0 aliphatic heterocycles. The second-order valence-electron chi connectivity index (χ2n) is 3.81. The summed E-state index contributed by atoms with van der Waals surface area (Å²) < 4.78 is 63.5. The van der Waals surface area contributed by atoms with Crippen molar-refractivity contribution in [2.45, 2.75) is 17.9 Å². The first-order valence-corrected chi connectivity index (χ1v) is 6.48. The lowest BCUT2D eigenvalue weighted by molar-refractivity contribution is 0.392. The molecule has 0 aliphatic carbocycles. The smallest absolute Gasteiger partial charge is 0.243 e. The van der Waals surface area contributed by atoms with Crippen molar-refractivity contribution in [2.75, 3.05) is 13.6 Å². The summed E-state index contributed by atoms with van der Waals surface area (Å²) in [4.78, 5) is -0.651. The van der Waals surface area contributed by atoms with Crippen LogP contribution in [0.2, 0.25) is 0 Å². The van der Waals surface area contributed by atoms with E-state index >= 15 is 0 Å². The van der Waals surface area contributed by atoms with Crippen LogP contribution in [0.25, 0.3) is 0 Å². The molecule has 4 nitrogen and oxygen atoms in total. The van der Waals surface area contributed by atoms with Gasteiger partial charge in [0.1, 0.15) is 0 Å². The highest BCUT2D eigenvalue weighted by Crippen LogP contribution is 2.21. The zero-order valence-electron chi connectivity index (χ0n) is 10.2. The molecule has 0 heterocycles. The number of nitrogens with two attached hydrogens (primary N) is 1. The lowest BCUT2D eigenvalue weighted by atomic mass is 10.3. The molecule has 110 valence electrons. The van der Waals surface area contributed by atoms with Crippen LogP contribution in [-0.2, 0) is 10.0 Å². The van der Waals surface area contributed by atoms with Gasteiger partial charge >= 0.3 is 0 Å². The van der Waals surface area contributed by atoms with E-state index in [2.05, 4.69) is 0 Å². The van der Waals surface area contributed by atoms with Gasteiger partial charge in [-0.25, -0.2) is 21.6 Å². The standard InChI is InChI=1S/C10H13F3N2O2S.ClH/c1-6(5-14)15(2)18(16,17)7-3-8(11)10(13)9(12)4-7;/h3-4,6H,5,14H2,1-2H3;1H. The predicted molar refractivity (Wildman–Crippen MR) is 67.0 cm³/mol. The fourth-order valence-corrected chi connectivity index (χ4v) is 2.63. The van der Waals surface area contributed by atoms with E-state index in [4.69, 9.17) is 5.73 Å². The minimum atomic E-state index is -4.11. The Kier molecular flexibility index (Phi) is 6.27. The van der Waals surface area contributed by atoms with Crippen molar-refractivity contribution in [1.29, 1.82) is 0 Å². The molecule has 0 spiro atoms. The van der Waals surface area contributed by atoms with E-state index in [1.54, 1.807) is 0 Å². The lowest BCUT2D eigenvalue weighted by Crippen LogP contribution is -2.39. The lowest BCUT2D eigenvalue weighted by Gasteiger charge is -2.23. The van der Waals surface area contributed by atoms with Crippen LogP contribution in [0.4, 0.5) is 13.2 Å². The molecule has 0 bridgehead atoms. The summed E-state index contributed by atoms with van der Waals surface area (Å²) in [6.45, 7) is 1.58.